The van der Waals surface area contributed by atoms with Crippen molar-refractivity contribution < 1.29 is 0 Å². The smallest absolute Gasteiger partial charge is 0.126 e. The highest BCUT2D eigenvalue weighted by atomic mass is 15.0. The van der Waals surface area contributed by atoms with Crippen LogP contribution in [0.15, 0.2) is 24.7 Å². The lowest BCUT2D eigenvalue weighted by Gasteiger charge is -2.05. The normalized spacial score (nSPS) is 10.5. The van der Waals surface area contributed by atoms with E-state index in [4.69, 9.17) is 5.73 Å². The van der Waals surface area contributed by atoms with Crippen LogP contribution in [0.1, 0.15) is 17.0 Å². The van der Waals surface area contributed by atoms with E-state index in [2.05, 4.69) is 16.0 Å². The quantitative estimate of drug-likeness (QED) is 0.798. The van der Waals surface area contributed by atoms with Crippen molar-refractivity contribution in [2.75, 3.05) is 5.73 Å². The number of nitrogens with two attached hydrogens (primary N) is 1. The van der Waals surface area contributed by atoms with Crippen LogP contribution in [-0.2, 0) is 13.5 Å². The van der Waals surface area contributed by atoms with Crippen molar-refractivity contribution in [3.63, 3.8) is 0 Å². The van der Waals surface area contributed by atoms with Crippen LogP contribution in [0.2, 0.25) is 0 Å². The van der Waals surface area contributed by atoms with Crippen LogP contribution in [0.3, 0.4) is 0 Å². The molecule has 0 saturated heterocycles. The summed E-state index contributed by atoms with van der Waals surface area (Å²) in [6, 6.07) is 2.05. The number of nitrogens with zero attached hydrogens (tertiary/aromatic N) is 3. The molecule has 0 spiro atoms. The highest BCUT2D eigenvalue weighted by Crippen LogP contribution is 2.14. The van der Waals surface area contributed by atoms with Crippen molar-refractivity contribution >= 4 is 5.82 Å². The van der Waals surface area contributed by atoms with Gasteiger partial charge in [0.25, 0.3) is 0 Å². The molecule has 0 atom stereocenters. The predicted molar refractivity (Wildman–Crippen MR) is 59.4 cm³/mol. The number of hydrogen-bond donors (Lipinski definition) is 1. The van der Waals surface area contributed by atoms with Crippen LogP contribution >= 0.6 is 0 Å². The topological polar surface area (TPSA) is 56.7 Å². The maximum absolute atomic E-state index is 5.81. The Kier molecular flexibility index (Phi) is 2.41. The Morgan fingerprint density at radius 2 is 2.20 bits per heavy atom. The Morgan fingerprint density at radius 3 is 2.87 bits per heavy atom. The minimum absolute atomic E-state index is 0.587. The largest absolute Gasteiger partial charge is 0.383 e. The summed E-state index contributed by atoms with van der Waals surface area (Å²) in [4.78, 5) is 8.39. The van der Waals surface area contributed by atoms with Crippen molar-refractivity contribution in [3.05, 3.63) is 41.6 Å². The SMILES string of the molecule is Cc1cnc(N)c(Cc2nccn2C)c1. The fourth-order valence-corrected chi connectivity index (χ4v) is 1.52. The van der Waals surface area contributed by atoms with Crippen LogP contribution in [-0.4, -0.2) is 14.5 Å². The molecule has 0 amide bonds. The first-order valence-electron chi connectivity index (χ1n) is 4.84. The van der Waals surface area contributed by atoms with E-state index in [-0.39, 0.29) is 0 Å². The third-order valence-electron chi connectivity index (χ3n) is 2.41. The molecule has 78 valence electrons. The molecule has 0 aromatic carbocycles. The van der Waals surface area contributed by atoms with Gasteiger partial charge in [0.05, 0.1) is 0 Å². The average molecular weight is 202 g/mol. The number of anilines is 1. The van der Waals surface area contributed by atoms with E-state index in [1.807, 2.05) is 24.7 Å². The van der Waals surface area contributed by atoms with E-state index in [1.54, 1.807) is 12.4 Å². The maximum atomic E-state index is 5.81. The number of aromatic nitrogens is 3. The Labute approximate surface area is 88.8 Å². The molecule has 0 unspecified atom stereocenters. The molecular formula is C11H14N4. The summed E-state index contributed by atoms with van der Waals surface area (Å²) in [7, 11) is 1.97. The van der Waals surface area contributed by atoms with Crippen LogP contribution in [0.5, 0.6) is 0 Å². The number of imidazole rings is 1. The van der Waals surface area contributed by atoms with Crippen LogP contribution in [0.4, 0.5) is 5.82 Å². The van der Waals surface area contributed by atoms with Gasteiger partial charge in [-0.1, -0.05) is 6.07 Å². The molecule has 0 aliphatic heterocycles. The molecule has 0 radical (unpaired) electrons. The van der Waals surface area contributed by atoms with E-state index in [1.165, 1.54) is 0 Å². The number of rotatable bonds is 2. The predicted octanol–water partition coefficient (Wildman–Crippen LogP) is 1.30. The minimum Gasteiger partial charge on any atom is -0.383 e. The Hall–Kier alpha value is -1.84. The van der Waals surface area contributed by atoms with E-state index in [0.29, 0.717) is 5.82 Å². The molecule has 4 heteroatoms. The fraction of sp³-hybridized carbons (Fsp3) is 0.273. The van der Waals surface area contributed by atoms with E-state index in [0.717, 1.165) is 23.4 Å². The van der Waals surface area contributed by atoms with Crippen LogP contribution in [0, 0.1) is 6.92 Å². The molecule has 2 N–H and O–H groups in total. The summed E-state index contributed by atoms with van der Waals surface area (Å²) >= 11 is 0. The van der Waals surface area contributed by atoms with Gasteiger partial charge in [-0.15, -0.1) is 0 Å². The van der Waals surface area contributed by atoms with Crippen molar-refractivity contribution in [2.24, 2.45) is 7.05 Å². The molecule has 0 fully saturated rings. The fourth-order valence-electron chi connectivity index (χ4n) is 1.52. The number of nitrogen functional groups attached to an aromatic ring is 1. The van der Waals surface area contributed by atoms with Crippen LogP contribution in [0.25, 0.3) is 0 Å². The minimum atomic E-state index is 0.587. The number of hydrogen-bond acceptors (Lipinski definition) is 3. The summed E-state index contributed by atoms with van der Waals surface area (Å²) in [5, 5.41) is 0. The molecule has 0 bridgehead atoms. The molecule has 2 heterocycles. The Bertz CT molecular complexity index is 473. The monoisotopic (exact) mass is 202 g/mol. The highest BCUT2D eigenvalue weighted by molar-refractivity contribution is 5.42. The first-order chi connectivity index (χ1) is 7.16. The van der Waals surface area contributed by atoms with Gasteiger partial charge in [0.1, 0.15) is 11.6 Å². The Morgan fingerprint density at radius 1 is 1.40 bits per heavy atom. The molecular weight excluding hydrogens is 188 g/mol. The first kappa shape index (κ1) is 9.71. The van der Waals surface area contributed by atoms with Crippen molar-refractivity contribution in [2.45, 2.75) is 13.3 Å². The lowest BCUT2D eigenvalue weighted by Crippen LogP contribution is -2.03. The summed E-state index contributed by atoms with van der Waals surface area (Å²) in [6.45, 7) is 2.01. The Balaban J connectivity index is 2.32. The summed E-state index contributed by atoms with van der Waals surface area (Å²) in [6.07, 6.45) is 6.21. The molecule has 0 aliphatic rings. The van der Waals surface area contributed by atoms with E-state index in [9.17, 15) is 0 Å². The van der Waals surface area contributed by atoms with Crippen LogP contribution < -0.4 is 5.73 Å². The van der Waals surface area contributed by atoms with Gasteiger partial charge < -0.3 is 10.3 Å². The zero-order valence-electron chi connectivity index (χ0n) is 8.94. The van der Waals surface area contributed by atoms with Gasteiger partial charge in [-0.05, 0) is 12.5 Å². The molecule has 2 rings (SSSR count). The molecule has 2 aromatic rings. The third-order valence-corrected chi connectivity index (χ3v) is 2.41. The molecule has 0 aliphatic carbocycles. The molecule has 4 nitrogen and oxygen atoms in total. The summed E-state index contributed by atoms with van der Waals surface area (Å²) in [5.41, 5.74) is 7.96. The summed E-state index contributed by atoms with van der Waals surface area (Å²) in [5.74, 6) is 1.58. The van der Waals surface area contributed by atoms with Gasteiger partial charge in [-0.3, -0.25) is 0 Å². The van der Waals surface area contributed by atoms with Crippen molar-refractivity contribution in [3.8, 4) is 0 Å². The van der Waals surface area contributed by atoms with Gasteiger partial charge in [0.2, 0.25) is 0 Å². The number of aryl methyl sites for hydroxylation is 2. The molecule has 15 heavy (non-hydrogen) atoms. The molecule has 0 saturated carbocycles. The highest BCUT2D eigenvalue weighted by Gasteiger charge is 2.05. The van der Waals surface area contributed by atoms with Gasteiger partial charge >= 0.3 is 0 Å². The zero-order chi connectivity index (χ0) is 10.8. The van der Waals surface area contributed by atoms with Gasteiger partial charge in [-0.25, -0.2) is 9.97 Å². The van der Waals surface area contributed by atoms with Gasteiger partial charge in [-0.2, -0.15) is 0 Å². The zero-order valence-corrected chi connectivity index (χ0v) is 8.94. The lowest BCUT2D eigenvalue weighted by molar-refractivity contribution is 0.820. The van der Waals surface area contributed by atoms with Gasteiger partial charge in [0, 0.05) is 37.6 Å². The summed E-state index contributed by atoms with van der Waals surface area (Å²) < 4.78 is 1.99. The lowest BCUT2D eigenvalue weighted by atomic mass is 10.1. The van der Waals surface area contributed by atoms with E-state index < -0.39 is 0 Å². The van der Waals surface area contributed by atoms with E-state index >= 15 is 0 Å². The standard InChI is InChI=1S/C11H14N4/c1-8-5-9(11(12)14-7-8)6-10-13-3-4-15(10)2/h3-5,7H,6H2,1-2H3,(H2,12,14). The second-order valence-electron chi connectivity index (χ2n) is 3.69. The van der Waals surface area contributed by atoms with Gasteiger partial charge in [0.15, 0.2) is 0 Å². The molecule has 2 aromatic heterocycles. The van der Waals surface area contributed by atoms with Crippen molar-refractivity contribution in [1.29, 1.82) is 0 Å². The van der Waals surface area contributed by atoms with Crippen molar-refractivity contribution in [1.82, 2.24) is 14.5 Å². The first-order valence-corrected chi connectivity index (χ1v) is 4.84. The average Bonchev–Trinajstić information content (AvgIpc) is 2.58. The number of pyridine rings is 1. The maximum Gasteiger partial charge on any atom is 0.126 e. The second-order valence-corrected chi connectivity index (χ2v) is 3.69. The third kappa shape index (κ3) is 1.98. The second kappa shape index (κ2) is 3.73.